The number of nitrogens with two attached hydrogens (primary N) is 1. The monoisotopic (exact) mass is 280 g/mol. The molecule has 0 saturated heterocycles. The maximum Gasteiger partial charge on any atom is 0.0589 e. The lowest BCUT2D eigenvalue weighted by Crippen LogP contribution is -2.44. The molecule has 2 N–H and O–H groups in total. The molecule has 4 nitrogen and oxygen atoms in total. The molecule has 1 atom stereocenters. The van der Waals surface area contributed by atoms with Crippen LogP contribution in [0.1, 0.15) is 12.0 Å². The van der Waals surface area contributed by atoms with Gasteiger partial charge in [0.1, 0.15) is 0 Å². The normalized spacial score (nSPS) is 12.8. The molecule has 1 rings (SSSR count). The van der Waals surface area contributed by atoms with Crippen molar-refractivity contribution in [2.75, 3.05) is 47.1 Å². The Bertz CT molecular complexity index is 333. The van der Waals surface area contributed by atoms with Gasteiger partial charge in [-0.1, -0.05) is 30.3 Å². The van der Waals surface area contributed by atoms with Gasteiger partial charge in [-0.05, 0) is 18.4 Å². The van der Waals surface area contributed by atoms with E-state index in [2.05, 4.69) is 29.2 Å². The minimum atomic E-state index is 0.351. The summed E-state index contributed by atoms with van der Waals surface area (Å²) in [6, 6.07) is 10.9. The maximum atomic E-state index is 5.98. The van der Waals surface area contributed by atoms with Crippen LogP contribution < -0.4 is 5.73 Å². The highest BCUT2D eigenvalue weighted by atomic mass is 16.5. The summed E-state index contributed by atoms with van der Waals surface area (Å²) in [6.45, 7) is 4.08. The van der Waals surface area contributed by atoms with Gasteiger partial charge in [0.15, 0.2) is 0 Å². The standard InChI is InChI=1S/C16H28N2O2/c1-19-11-6-9-18(10-12-20-2)16(14-17)13-15-7-4-3-5-8-15/h3-5,7-8,16H,6,9-14,17H2,1-2H3. The van der Waals surface area contributed by atoms with Gasteiger partial charge in [0.2, 0.25) is 0 Å². The fourth-order valence-electron chi connectivity index (χ4n) is 2.35. The number of hydrogen-bond acceptors (Lipinski definition) is 4. The van der Waals surface area contributed by atoms with E-state index in [0.29, 0.717) is 12.6 Å². The Hall–Kier alpha value is -0.940. The van der Waals surface area contributed by atoms with Crippen LogP contribution in [0.3, 0.4) is 0 Å². The Kier molecular flexibility index (Phi) is 9.24. The van der Waals surface area contributed by atoms with Gasteiger partial charge >= 0.3 is 0 Å². The molecular weight excluding hydrogens is 252 g/mol. The van der Waals surface area contributed by atoms with Crippen LogP contribution >= 0.6 is 0 Å². The molecule has 1 aromatic rings. The van der Waals surface area contributed by atoms with E-state index in [4.69, 9.17) is 15.2 Å². The van der Waals surface area contributed by atoms with Crippen LogP contribution in [0.5, 0.6) is 0 Å². The molecule has 1 unspecified atom stereocenters. The first-order valence-corrected chi connectivity index (χ1v) is 7.27. The summed E-state index contributed by atoms with van der Waals surface area (Å²) in [5, 5.41) is 0. The summed E-state index contributed by atoms with van der Waals surface area (Å²) in [6.07, 6.45) is 2.00. The van der Waals surface area contributed by atoms with E-state index in [1.54, 1.807) is 14.2 Å². The van der Waals surface area contributed by atoms with Gasteiger partial charge in [-0.2, -0.15) is 0 Å². The first-order valence-electron chi connectivity index (χ1n) is 7.27. The van der Waals surface area contributed by atoms with Crippen molar-refractivity contribution in [3.8, 4) is 0 Å². The second-order valence-electron chi connectivity index (χ2n) is 4.95. The van der Waals surface area contributed by atoms with Gasteiger partial charge in [0, 0.05) is 46.5 Å². The Morgan fingerprint density at radius 1 is 1.05 bits per heavy atom. The molecule has 0 spiro atoms. The van der Waals surface area contributed by atoms with E-state index in [0.717, 1.165) is 39.1 Å². The fraction of sp³-hybridized carbons (Fsp3) is 0.625. The van der Waals surface area contributed by atoms with Crippen LogP contribution in [0.15, 0.2) is 30.3 Å². The number of ether oxygens (including phenoxy) is 2. The van der Waals surface area contributed by atoms with E-state index < -0.39 is 0 Å². The molecule has 114 valence electrons. The highest BCUT2D eigenvalue weighted by molar-refractivity contribution is 5.16. The second kappa shape index (κ2) is 10.8. The van der Waals surface area contributed by atoms with Crippen LogP contribution in [-0.2, 0) is 15.9 Å². The Morgan fingerprint density at radius 2 is 1.75 bits per heavy atom. The van der Waals surface area contributed by atoms with E-state index in [1.807, 2.05) is 6.07 Å². The molecule has 1 aromatic carbocycles. The maximum absolute atomic E-state index is 5.98. The van der Waals surface area contributed by atoms with Gasteiger partial charge in [-0.25, -0.2) is 0 Å². The van der Waals surface area contributed by atoms with Crippen molar-refractivity contribution < 1.29 is 9.47 Å². The summed E-state index contributed by atoms with van der Waals surface area (Å²) < 4.78 is 10.3. The molecule has 0 fully saturated rings. The zero-order valence-electron chi connectivity index (χ0n) is 12.8. The molecule has 20 heavy (non-hydrogen) atoms. The van der Waals surface area contributed by atoms with Gasteiger partial charge in [0.05, 0.1) is 6.61 Å². The molecule has 0 heterocycles. The molecule has 0 amide bonds. The number of nitrogens with zero attached hydrogens (tertiary/aromatic N) is 1. The molecule has 0 bridgehead atoms. The predicted octanol–water partition coefficient (Wildman–Crippen LogP) is 1.54. The van der Waals surface area contributed by atoms with E-state index in [1.165, 1.54) is 5.56 Å². The Morgan fingerprint density at radius 3 is 2.35 bits per heavy atom. The SMILES string of the molecule is COCCCN(CCOC)C(CN)Cc1ccccc1. The van der Waals surface area contributed by atoms with Crippen molar-refractivity contribution in [2.45, 2.75) is 18.9 Å². The molecule has 0 radical (unpaired) electrons. The quantitative estimate of drug-likeness (QED) is 0.625. The van der Waals surface area contributed by atoms with Gasteiger partial charge in [-0.3, -0.25) is 4.90 Å². The summed E-state index contributed by atoms with van der Waals surface area (Å²) in [5.41, 5.74) is 7.31. The van der Waals surface area contributed by atoms with Gasteiger partial charge in [-0.15, -0.1) is 0 Å². The van der Waals surface area contributed by atoms with Crippen molar-refractivity contribution in [3.05, 3.63) is 35.9 Å². The largest absolute Gasteiger partial charge is 0.385 e. The lowest BCUT2D eigenvalue weighted by molar-refractivity contribution is 0.108. The third-order valence-electron chi connectivity index (χ3n) is 3.48. The zero-order valence-corrected chi connectivity index (χ0v) is 12.8. The molecule has 0 aliphatic heterocycles. The molecule has 0 aromatic heterocycles. The Labute approximate surface area is 122 Å². The number of methoxy groups -OCH3 is 2. The number of hydrogen-bond donors (Lipinski definition) is 1. The van der Waals surface area contributed by atoms with Gasteiger partial charge in [0.25, 0.3) is 0 Å². The fourth-order valence-corrected chi connectivity index (χ4v) is 2.35. The summed E-state index contributed by atoms with van der Waals surface area (Å²) in [7, 11) is 3.48. The van der Waals surface area contributed by atoms with Crippen molar-refractivity contribution in [2.24, 2.45) is 5.73 Å². The minimum Gasteiger partial charge on any atom is -0.385 e. The second-order valence-corrected chi connectivity index (χ2v) is 4.95. The number of benzene rings is 1. The predicted molar refractivity (Wildman–Crippen MR) is 82.9 cm³/mol. The van der Waals surface area contributed by atoms with E-state index >= 15 is 0 Å². The molecule has 0 saturated carbocycles. The number of rotatable bonds is 11. The summed E-state index contributed by atoms with van der Waals surface area (Å²) >= 11 is 0. The molecule has 4 heteroatoms. The highest BCUT2D eigenvalue weighted by Gasteiger charge is 2.17. The first kappa shape index (κ1) is 17.1. The van der Waals surface area contributed by atoms with Crippen LogP contribution in [0, 0.1) is 0 Å². The average molecular weight is 280 g/mol. The average Bonchev–Trinajstić information content (AvgIpc) is 2.50. The molecular formula is C16H28N2O2. The topological polar surface area (TPSA) is 47.7 Å². The lowest BCUT2D eigenvalue weighted by Gasteiger charge is -2.31. The highest BCUT2D eigenvalue weighted by Crippen LogP contribution is 2.09. The zero-order chi connectivity index (χ0) is 14.6. The lowest BCUT2D eigenvalue weighted by atomic mass is 10.0. The van der Waals surface area contributed by atoms with Crippen molar-refractivity contribution >= 4 is 0 Å². The van der Waals surface area contributed by atoms with Crippen molar-refractivity contribution in [1.82, 2.24) is 4.90 Å². The van der Waals surface area contributed by atoms with Crippen LogP contribution in [0.2, 0.25) is 0 Å². The van der Waals surface area contributed by atoms with E-state index in [9.17, 15) is 0 Å². The van der Waals surface area contributed by atoms with Crippen LogP contribution in [0.4, 0.5) is 0 Å². The smallest absolute Gasteiger partial charge is 0.0589 e. The third-order valence-corrected chi connectivity index (χ3v) is 3.48. The van der Waals surface area contributed by atoms with Crippen LogP contribution in [0.25, 0.3) is 0 Å². The summed E-state index contributed by atoms with van der Waals surface area (Å²) in [4.78, 5) is 2.41. The molecule has 0 aliphatic carbocycles. The Balaban J connectivity index is 2.58. The van der Waals surface area contributed by atoms with E-state index in [-0.39, 0.29) is 0 Å². The third kappa shape index (κ3) is 6.48. The van der Waals surface area contributed by atoms with Crippen molar-refractivity contribution in [3.63, 3.8) is 0 Å². The summed E-state index contributed by atoms with van der Waals surface area (Å²) in [5.74, 6) is 0. The van der Waals surface area contributed by atoms with Crippen LogP contribution in [-0.4, -0.2) is 58.0 Å². The van der Waals surface area contributed by atoms with Crippen molar-refractivity contribution in [1.29, 1.82) is 0 Å². The first-order chi connectivity index (χ1) is 9.81. The molecule has 0 aliphatic rings. The van der Waals surface area contributed by atoms with Gasteiger partial charge < -0.3 is 15.2 Å². The minimum absolute atomic E-state index is 0.351.